The van der Waals surface area contributed by atoms with E-state index in [4.69, 9.17) is 4.74 Å². The summed E-state index contributed by atoms with van der Waals surface area (Å²) >= 11 is 0. The van der Waals surface area contributed by atoms with Crippen molar-refractivity contribution >= 4 is 16.9 Å². The number of nitrogens with one attached hydrogen (secondary N) is 1. The Morgan fingerprint density at radius 1 is 1.35 bits per heavy atom. The van der Waals surface area contributed by atoms with E-state index < -0.39 is 5.54 Å². The van der Waals surface area contributed by atoms with Crippen LogP contribution >= 0.6 is 0 Å². The molecule has 2 aromatic rings. The van der Waals surface area contributed by atoms with Gasteiger partial charge in [-0.25, -0.2) is 0 Å². The fraction of sp³-hybridized carbons (Fsp3) is 0.375. The summed E-state index contributed by atoms with van der Waals surface area (Å²) in [6, 6.07) is 10.1. The van der Waals surface area contributed by atoms with Crippen molar-refractivity contribution in [2.45, 2.75) is 32.9 Å². The van der Waals surface area contributed by atoms with Crippen LogP contribution in [0.1, 0.15) is 25.1 Å². The van der Waals surface area contributed by atoms with Crippen molar-refractivity contribution in [1.29, 1.82) is 0 Å². The van der Waals surface area contributed by atoms with Gasteiger partial charge in [-0.2, -0.15) is 0 Å². The molecule has 1 heterocycles. The van der Waals surface area contributed by atoms with E-state index in [1.165, 1.54) is 7.11 Å². The summed E-state index contributed by atoms with van der Waals surface area (Å²) in [6.45, 7) is 6.19. The zero-order chi connectivity index (χ0) is 14.8. The number of hydrogen-bond acceptors (Lipinski definition) is 4. The van der Waals surface area contributed by atoms with Gasteiger partial charge >= 0.3 is 5.97 Å². The van der Waals surface area contributed by atoms with E-state index in [0.717, 1.165) is 22.2 Å². The Hall–Kier alpha value is -1.94. The van der Waals surface area contributed by atoms with Crippen molar-refractivity contribution in [3.8, 4) is 0 Å². The monoisotopic (exact) mass is 272 g/mol. The molecule has 0 amide bonds. The van der Waals surface area contributed by atoms with Crippen LogP contribution in [0, 0.1) is 6.92 Å². The van der Waals surface area contributed by atoms with Crippen molar-refractivity contribution in [2.24, 2.45) is 0 Å². The molecule has 0 aliphatic carbocycles. The number of hydrogen-bond donors (Lipinski definition) is 1. The van der Waals surface area contributed by atoms with Crippen LogP contribution in [0.2, 0.25) is 0 Å². The van der Waals surface area contributed by atoms with Gasteiger partial charge in [-0.15, -0.1) is 0 Å². The predicted octanol–water partition coefficient (Wildman–Crippen LogP) is 2.58. The molecule has 0 unspecified atom stereocenters. The van der Waals surface area contributed by atoms with E-state index in [0.29, 0.717) is 6.54 Å². The SMILES string of the molecule is COC(=O)C(C)(C)NCc1cc(C)nc2ccccc12. The van der Waals surface area contributed by atoms with Crippen LogP contribution in [0.15, 0.2) is 30.3 Å². The van der Waals surface area contributed by atoms with Crippen molar-refractivity contribution in [2.75, 3.05) is 7.11 Å². The summed E-state index contributed by atoms with van der Waals surface area (Å²) < 4.78 is 4.80. The maximum atomic E-state index is 11.7. The number of carbonyl (C=O) groups is 1. The summed E-state index contributed by atoms with van der Waals surface area (Å²) in [6.07, 6.45) is 0. The number of benzene rings is 1. The summed E-state index contributed by atoms with van der Waals surface area (Å²) in [5, 5.41) is 4.35. The number of aryl methyl sites for hydroxylation is 1. The van der Waals surface area contributed by atoms with E-state index >= 15 is 0 Å². The molecule has 1 aromatic heterocycles. The lowest BCUT2D eigenvalue weighted by Gasteiger charge is -2.23. The topological polar surface area (TPSA) is 51.2 Å². The third-order valence-corrected chi connectivity index (χ3v) is 3.35. The minimum atomic E-state index is -0.715. The predicted molar refractivity (Wildman–Crippen MR) is 79.4 cm³/mol. The van der Waals surface area contributed by atoms with Gasteiger partial charge in [0.05, 0.1) is 12.6 Å². The quantitative estimate of drug-likeness (QED) is 0.869. The van der Waals surface area contributed by atoms with E-state index in [2.05, 4.69) is 10.3 Å². The Balaban J connectivity index is 2.28. The molecule has 0 fully saturated rings. The Kier molecular flexibility index (Phi) is 4.04. The first-order valence-corrected chi connectivity index (χ1v) is 6.63. The molecule has 0 saturated carbocycles. The van der Waals surface area contributed by atoms with Crippen molar-refractivity contribution in [1.82, 2.24) is 10.3 Å². The lowest BCUT2D eigenvalue weighted by atomic mass is 10.0. The molecule has 0 saturated heterocycles. The Morgan fingerprint density at radius 2 is 2.05 bits per heavy atom. The molecule has 0 aliphatic heterocycles. The summed E-state index contributed by atoms with van der Waals surface area (Å²) in [4.78, 5) is 16.2. The van der Waals surface area contributed by atoms with Gasteiger partial charge in [0.15, 0.2) is 0 Å². The van der Waals surface area contributed by atoms with Gasteiger partial charge in [0.2, 0.25) is 0 Å². The fourth-order valence-corrected chi connectivity index (χ4v) is 2.18. The van der Waals surface area contributed by atoms with Crippen LogP contribution in [0.4, 0.5) is 0 Å². The maximum absolute atomic E-state index is 11.7. The molecule has 0 spiro atoms. The van der Waals surface area contributed by atoms with Gasteiger partial charge in [-0.1, -0.05) is 18.2 Å². The lowest BCUT2D eigenvalue weighted by molar-refractivity contribution is -0.147. The number of para-hydroxylation sites is 1. The molecule has 2 rings (SSSR count). The molecule has 0 atom stereocenters. The second-order valence-corrected chi connectivity index (χ2v) is 5.41. The number of ether oxygens (including phenoxy) is 1. The summed E-state index contributed by atoms with van der Waals surface area (Å²) in [5.74, 6) is -0.271. The smallest absolute Gasteiger partial charge is 0.325 e. The number of aromatic nitrogens is 1. The number of fused-ring (bicyclic) bond motifs is 1. The number of nitrogens with zero attached hydrogens (tertiary/aromatic N) is 1. The highest BCUT2D eigenvalue weighted by Crippen LogP contribution is 2.19. The molecule has 0 aliphatic rings. The van der Waals surface area contributed by atoms with Crippen LogP contribution in [0.3, 0.4) is 0 Å². The molecule has 1 aromatic carbocycles. The van der Waals surface area contributed by atoms with E-state index in [-0.39, 0.29) is 5.97 Å². The second-order valence-electron chi connectivity index (χ2n) is 5.41. The zero-order valence-electron chi connectivity index (χ0n) is 12.4. The van der Waals surface area contributed by atoms with Gasteiger partial charge in [0.1, 0.15) is 5.54 Å². The maximum Gasteiger partial charge on any atom is 0.325 e. The molecule has 4 nitrogen and oxygen atoms in total. The number of methoxy groups -OCH3 is 1. The number of esters is 1. The first-order chi connectivity index (χ1) is 9.44. The highest BCUT2D eigenvalue weighted by Gasteiger charge is 2.27. The average molecular weight is 272 g/mol. The standard InChI is InChI=1S/C16H20N2O2/c1-11-9-12(10-17-16(2,3)15(19)20-4)13-7-5-6-8-14(13)18-11/h5-9,17H,10H2,1-4H3. The van der Waals surface area contributed by atoms with Crippen LogP contribution in [-0.4, -0.2) is 23.6 Å². The first-order valence-electron chi connectivity index (χ1n) is 6.63. The van der Waals surface area contributed by atoms with E-state index in [9.17, 15) is 4.79 Å². The minimum Gasteiger partial charge on any atom is -0.468 e. The average Bonchev–Trinajstić information content (AvgIpc) is 2.43. The van der Waals surface area contributed by atoms with Gasteiger partial charge in [-0.05, 0) is 38.5 Å². The molecular formula is C16H20N2O2. The molecule has 0 radical (unpaired) electrons. The van der Waals surface area contributed by atoms with E-state index in [1.807, 2.05) is 51.1 Å². The molecule has 1 N–H and O–H groups in total. The Bertz CT molecular complexity index is 635. The van der Waals surface area contributed by atoms with Crippen LogP contribution in [0.5, 0.6) is 0 Å². The Labute approximate surface area is 119 Å². The van der Waals surface area contributed by atoms with Gasteiger partial charge in [0, 0.05) is 17.6 Å². The normalized spacial score (nSPS) is 11.6. The highest BCUT2D eigenvalue weighted by molar-refractivity contribution is 5.83. The van der Waals surface area contributed by atoms with E-state index in [1.54, 1.807) is 0 Å². The molecule has 0 bridgehead atoms. The third-order valence-electron chi connectivity index (χ3n) is 3.35. The van der Waals surface area contributed by atoms with Crippen LogP contribution < -0.4 is 5.32 Å². The number of rotatable bonds is 4. The van der Waals surface area contributed by atoms with Crippen molar-refractivity contribution < 1.29 is 9.53 Å². The summed E-state index contributed by atoms with van der Waals surface area (Å²) in [5.41, 5.74) is 2.36. The van der Waals surface area contributed by atoms with Gasteiger partial charge in [0.25, 0.3) is 0 Å². The van der Waals surface area contributed by atoms with Crippen LogP contribution in [0.25, 0.3) is 10.9 Å². The molecular weight excluding hydrogens is 252 g/mol. The number of carbonyl (C=O) groups excluding carboxylic acids is 1. The highest BCUT2D eigenvalue weighted by atomic mass is 16.5. The minimum absolute atomic E-state index is 0.271. The zero-order valence-corrected chi connectivity index (χ0v) is 12.4. The Morgan fingerprint density at radius 3 is 2.75 bits per heavy atom. The van der Waals surface area contributed by atoms with Crippen molar-refractivity contribution in [3.63, 3.8) is 0 Å². The largest absolute Gasteiger partial charge is 0.468 e. The first kappa shape index (κ1) is 14.5. The summed E-state index contributed by atoms with van der Waals surface area (Å²) in [7, 11) is 1.40. The molecule has 106 valence electrons. The lowest BCUT2D eigenvalue weighted by Crippen LogP contribution is -2.47. The molecule has 20 heavy (non-hydrogen) atoms. The van der Waals surface area contributed by atoms with Gasteiger partial charge in [-0.3, -0.25) is 15.1 Å². The molecule has 4 heteroatoms. The second kappa shape index (κ2) is 5.59. The van der Waals surface area contributed by atoms with Crippen LogP contribution in [-0.2, 0) is 16.1 Å². The third kappa shape index (κ3) is 2.96. The fourth-order valence-electron chi connectivity index (χ4n) is 2.18. The van der Waals surface area contributed by atoms with Gasteiger partial charge < -0.3 is 4.74 Å². The number of pyridine rings is 1. The van der Waals surface area contributed by atoms with Crippen molar-refractivity contribution in [3.05, 3.63) is 41.6 Å².